The van der Waals surface area contributed by atoms with E-state index < -0.39 is 0 Å². The highest BCUT2D eigenvalue weighted by molar-refractivity contribution is 9.10. The summed E-state index contributed by atoms with van der Waals surface area (Å²) in [6.07, 6.45) is 4.45. The lowest BCUT2D eigenvalue weighted by Gasteiger charge is -2.03. The summed E-state index contributed by atoms with van der Waals surface area (Å²) in [5.74, 6) is 0.457. The number of pyridine rings is 1. The molecule has 0 aliphatic rings. The highest BCUT2D eigenvalue weighted by Crippen LogP contribution is 2.27. The molecular formula is C14H9BrN4O2. The second kappa shape index (κ2) is 4.29. The third-order valence-electron chi connectivity index (χ3n) is 3.49. The molecular weight excluding hydrogens is 336 g/mol. The van der Waals surface area contributed by atoms with E-state index in [4.69, 9.17) is 4.42 Å². The fourth-order valence-electron chi connectivity index (χ4n) is 2.50. The van der Waals surface area contributed by atoms with Crippen LogP contribution >= 0.6 is 15.9 Å². The van der Waals surface area contributed by atoms with Crippen molar-refractivity contribution in [2.45, 2.75) is 0 Å². The number of fused-ring (bicyclic) bond motifs is 3. The second-order valence-corrected chi connectivity index (χ2v) is 5.59. The van der Waals surface area contributed by atoms with Crippen molar-refractivity contribution in [2.24, 2.45) is 7.05 Å². The zero-order valence-electron chi connectivity index (χ0n) is 10.9. The topological polar surface area (TPSA) is 65.8 Å². The van der Waals surface area contributed by atoms with Crippen LogP contribution in [-0.4, -0.2) is 19.1 Å². The summed E-state index contributed by atoms with van der Waals surface area (Å²) in [4.78, 5) is 21.0. The molecule has 0 aliphatic carbocycles. The highest BCUT2D eigenvalue weighted by atomic mass is 79.9. The number of aryl methyl sites for hydroxylation is 1. The van der Waals surface area contributed by atoms with Crippen LogP contribution in [0, 0.1) is 0 Å². The van der Waals surface area contributed by atoms with Gasteiger partial charge in [-0.1, -0.05) is 15.9 Å². The van der Waals surface area contributed by atoms with Gasteiger partial charge in [-0.05, 0) is 18.2 Å². The van der Waals surface area contributed by atoms with Crippen molar-refractivity contribution >= 4 is 37.9 Å². The third kappa shape index (κ3) is 1.67. The van der Waals surface area contributed by atoms with Crippen molar-refractivity contribution in [3.63, 3.8) is 0 Å². The molecule has 1 aromatic carbocycles. The van der Waals surface area contributed by atoms with Crippen LogP contribution in [0.2, 0.25) is 0 Å². The normalized spacial score (nSPS) is 11.5. The largest absolute Gasteiger partial charge is 0.449 e. The zero-order valence-corrected chi connectivity index (χ0v) is 12.5. The van der Waals surface area contributed by atoms with Gasteiger partial charge in [0.05, 0.1) is 22.7 Å². The fraction of sp³-hybridized carbons (Fsp3) is 0.0714. The van der Waals surface area contributed by atoms with Crippen LogP contribution in [0.4, 0.5) is 0 Å². The Labute approximate surface area is 126 Å². The molecule has 0 N–H and O–H groups in total. The van der Waals surface area contributed by atoms with E-state index in [9.17, 15) is 4.79 Å². The van der Waals surface area contributed by atoms with E-state index in [0.717, 1.165) is 26.4 Å². The molecule has 104 valence electrons. The van der Waals surface area contributed by atoms with Crippen LogP contribution in [0.25, 0.3) is 27.8 Å². The summed E-state index contributed by atoms with van der Waals surface area (Å²) < 4.78 is 9.03. The number of nitrogens with zero attached hydrogens (tertiary/aromatic N) is 4. The molecule has 0 spiro atoms. The van der Waals surface area contributed by atoms with E-state index in [1.807, 2.05) is 18.2 Å². The lowest BCUT2D eigenvalue weighted by Crippen LogP contribution is -2.21. The van der Waals surface area contributed by atoms with Crippen LogP contribution in [0.1, 0.15) is 0 Å². The van der Waals surface area contributed by atoms with Gasteiger partial charge in [0.15, 0.2) is 12.2 Å². The number of halogens is 1. The van der Waals surface area contributed by atoms with Crippen LogP contribution in [-0.2, 0) is 7.05 Å². The van der Waals surface area contributed by atoms with Crippen molar-refractivity contribution in [1.29, 1.82) is 0 Å². The van der Waals surface area contributed by atoms with E-state index >= 15 is 0 Å². The molecule has 0 saturated carbocycles. The summed E-state index contributed by atoms with van der Waals surface area (Å²) in [5, 5.41) is 0.877. The van der Waals surface area contributed by atoms with E-state index in [1.54, 1.807) is 17.8 Å². The fourth-order valence-corrected chi connectivity index (χ4v) is 2.86. The van der Waals surface area contributed by atoms with Crippen molar-refractivity contribution < 1.29 is 4.42 Å². The first-order chi connectivity index (χ1) is 10.2. The first-order valence-corrected chi connectivity index (χ1v) is 7.00. The lowest BCUT2D eigenvalue weighted by atomic mass is 10.2. The molecule has 0 bridgehead atoms. The molecule has 7 heteroatoms. The SMILES string of the molecule is Cn1c(=O)n(-c2cocn2)c2c3cc(Br)ccc3ncc21. The minimum absolute atomic E-state index is 0.187. The van der Waals surface area contributed by atoms with Gasteiger partial charge < -0.3 is 4.42 Å². The van der Waals surface area contributed by atoms with Gasteiger partial charge in [0.1, 0.15) is 6.26 Å². The van der Waals surface area contributed by atoms with Crippen LogP contribution in [0.5, 0.6) is 0 Å². The maximum Gasteiger partial charge on any atom is 0.334 e. The Morgan fingerprint density at radius 3 is 2.90 bits per heavy atom. The smallest absolute Gasteiger partial charge is 0.334 e. The maximum absolute atomic E-state index is 12.5. The molecule has 0 fully saturated rings. The number of benzene rings is 1. The first-order valence-electron chi connectivity index (χ1n) is 6.21. The third-order valence-corrected chi connectivity index (χ3v) is 3.99. The molecule has 21 heavy (non-hydrogen) atoms. The van der Waals surface area contributed by atoms with E-state index in [1.165, 1.54) is 17.2 Å². The minimum Gasteiger partial charge on any atom is -0.449 e. The molecule has 0 amide bonds. The highest BCUT2D eigenvalue weighted by Gasteiger charge is 2.17. The van der Waals surface area contributed by atoms with Crippen molar-refractivity contribution in [3.05, 3.63) is 52.0 Å². The van der Waals surface area contributed by atoms with Gasteiger partial charge in [-0.2, -0.15) is 4.98 Å². The lowest BCUT2D eigenvalue weighted by molar-refractivity contribution is 0.557. The van der Waals surface area contributed by atoms with Crippen molar-refractivity contribution in [3.8, 4) is 5.82 Å². The van der Waals surface area contributed by atoms with Crippen LogP contribution in [0.15, 0.2) is 50.7 Å². The van der Waals surface area contributed by atoms with E-state index in [2.05, 4.69) is 25.9 Å². The molecule has 0 unspecified atom stereocenters. The molecule has 0 radical (unpaired) electrons. The molecule has 0 saturated heterocycles. The number of hydrogen-bond donors (Lipinski definition) is 0. The van der Waals surface area contributed by atoms with Gasteiger partial charge in [0.2, 0.25) is 0 Å². The Bertz CT molecular complexity index is 1030. The van der Waals surface area contributed by atoms with Crippen LogP contribution in [0.3, 0.4) is 0 Å². The van der Waals surface area contributed by atoms with E-state index in [-0.39, 0.29) is 5.69 Å². The number of hydrogen-bond acceptors (Lipinski definition) is 4. The number of imidazole rings is 1. The van der Waals surface area contributed by atoms with Crippen LogP contribution < -0.4 is 5.69 Å². The molecule has 0 atom stereocenters. The number of oxazole rings is 1. The summed E-state index contributed by atoms with van der Waals surface area (Å²) in [5.41, 5.74) is 2.14. The summed E-state index contributed by atoms with van der Waals surface area (Å²) in [6.45, 7) is 0. The zero-order chi connectivity index (χ0) is 14.6. The average Bonchev–Trinajstić information content (AvgIpc) is 3.08. The molecule has 3 aromatic heterocycles. The molecule has 6 nitrogen and oxygen atoms in total. The minimum atomic E-state index is -0.187. The standard InChI is InChI=1S/C14H9BrN4O2/c1-18-11-5-16-10-3-2-8(15)4-9(10)13(11)19(14(18)20)12-6-21-7-17-12/h2-7H,1H3. The predicted molar refractivity (Wildman–Crippen MR) is 81.6 cm³/mol. The Kier molecular flexibility index (Phi) is 2.52. The number of rotatable bonds is 1. The Morgan fingerprint density at radius 2 is 2.14 bits per heavy atom. The molecule has 4 aromatic rings. The van der Waals surface area contributed by atoms with Gasteiger partial charge in [-0.15, -0.1) is 0 Å². The Morgan fingerprint density at radius 1 is 1.29 bits per heavy atom. The van der Waals surface area contributed by atoms with Gasteiger partial charge in [-0.3, -0.25) is 9.55 Å². The average molecular weight is 345 g/mol. The van der Waals surface area contributed by atoms with E-state index in [0.29, 0.717) is 5.82 Å². The molecule has 0 aliphatic heterocycles. The Balaban J connectivity index is 2.30. The number of aromatic nitrogens is 4. The summed E-state index contributed by atoms with van der Waals surface area (Å²) in [6, 6.07) is 5.77. The van der Waals surface area contributed by atoms with Gasteiger partial charge >= 0.3 is 5.69 Å². The Hall–Kier alpha value is -2.41. The second-order valence-electron chi connectivity index (χ2n) is 4.68. The quantitative estimate of drug-likeness (QED) is 0.532. The van der Waals surface area contributed by atoms with Gasteiger partial charge in [0.25, 0.3) is 0 Å². The summed E-state index contributed by atoms with van der Waals surface area (Å²) in [7, 11) is 1.72. The predicted octanol–water partition coefficient (Wildman–Crippen LogP) is 2.63. The van der Waals surface area contributed by atoms with Gasteiger partial charge in [-0.25, -0.2) is 9.36 Å². The first kappa shape index (κ1) is 12.3. The molecule has 4 rings (SSSR count). The maximum atomic E-state index is 12.5. The monoisotopic (exact) mass is 344 g/mol. The summed E-state index contributed by atoms with van der Waals surface area (Å²) >= 11 is 3.46. The van der Waals surface area contributed by atoms with Crippen molar-refractivity contribution in [1.82, 2.24) is 19.1 Å². The molecule has 3 heterocycles. The van der Waals surface area contributed by atoms with Crippen molar-refractivity contribution in [2.75, 3.05) is 0 Å². The van der Waals surface area contributed by atoms with Gasteiger partial charge in [0, 0.05) is 16.9 Å².